The molecule has 0 spiro atoms. The third-order valence-corrected chi connectivity index (χ3v) is 5.83. The van der Waals surface area contributed by atoms with Crippen LogP contribution in [0.1, 0.15) is 0 Å². The van der Waals surface area contributed by atoms with Gasteiger partial charge in [0.15, 0.2) is 0 Å². The van der Waals surface area contributed by atoms with E-state index in [0.717, 1.165) is 2.49 Å². The Balaban J connectivity index is 2.90. The Morgan fingerprint density at radius 1 is 1.31 bits per heavy atom. The predicted octanol–water partition coefficient (Wildman–Crippen LogP) is 5.37. The molecule has 0 bridgehead atoms. The molecule has 0 saturated heterocycles. The fourth-order valence-corrected chi connectivity index (χ4v) is 1.87. The van der Waals surface area contributed by atoms with Gasteiger partial charge in [0.2, 0.25) is 0 Å². The molecule has 1 aromatic rings. The molecule has 0 fully saturated rings. The van der Waals surface area contributed by atoms with Crippen molar-refractivity contribution in [3.05, 3.63) is 34.3 Å². The van der Waals surface area contributed by atoms with Crippen molar-refractivity contribution in [2.75, 3.05) is 5.32 Å². The average molecular weight is 547 g/mol. The van der Waals surface area contributed by atoms with Crippen molar-refractivity contribution in [2.24, 2.45) is 0 Å². The van der Waals surface area contributed by atoms with Gasteiger partial charge in [0.1, 0.15) is 0 Å². The number of rotatable bonds is 2. The second-order valence-corrected chi connectivity index (χ2v) is 7.93. The Morgan fingerprint density at radius 3 is 2.44 bits per heavy atom. The summed E-state index contributed by atoms with van der Waals surface area (Å²) in [5, 5.41) is 3.63. The summed E-state index contributed by atoms with van der Waals surface area (Å²) in [6, 6.07) is 4.90. The molecule has 1 aromatic carbocycles. The van der Waals surface area contributed by atoms with Crippen LogP contribution in [0.25, 0.3) is 0 Å². The van der Waals surface area contributed by atoms with Gasteiger partial charge in [-0.05, 0) is 79.3 Å². The molecule has 0 radical (unpaired) electrons. The number of carbonyl (C=O) groups is 1. The van der Waals surface area contributed by atoms with Gasteiger partial charge in [-0.1, -0.05) is 23.2 Å². The minimum atomic E-state index is -0.217. The van der Waals surface area contributed by atoms with Crippen LogP contribution in [0.15, 0.2) is 24.3 Å². The number of amides is 1. The van der Waals surface area contributed by atoms with Crippen molar-refractivity contribution in [1.29, 1.82) is 0 Å². The molecular formula is C9H4BrCl2I2NO. The van der Waals surface area contributed by atoms with Gasteiger partial charge in [-0.3, -0.25) is 4.79 Å². The largest absolute Gasteiger partial charge is 0.320 e. The van der Waals surface area contributed by atoms with E-state index in [9.17, 15) is 4.79 Å². The van der Waals surface area contributed by atoms with Crippen molar-refractivity contribution >= 4 is 95.9 Å². The lowest BCUT2D eigenvalue weighted by atomic mass is 10.3. The summed E-state index contributed by atoms with van der Waals surface area (Å²) in [6.45, 7) is 0. The minimum Gasteiger partial charge on any atom is -0.320 e. The van der Waals surface area contributed by atoms with Gasteiger partial charge >= 0.3 is 0 Å². The first-order valence-corrected chi connectivity index (χ1v) is 7.59. The zero-order valence-corrected chi connectivity index (χ0v) is 14.9. The summed E-state index contributed by atoms with van der Waals surface area (Å²) >= 11 is 18.9. The molecule has 0 atom stereocenters. The smallest absolute Gasteiger partial charge is 0.263 e. The number of anilines is 1. The Labute approximate surface area is 139 Å². The van der Waals surface area contributed by atoms with Crippen LogP contribution in [0.3, 0.4) is 0 Å². The maximum absolute atomic E-state index is 11.7. The van der Waals surface area contributed by atoms with Crippen molar-refractivity contribution in [3.8, 4) is 0 Å². The Bertz CT molecular complexity index is 461. The van der Waals surface area contributed by atoms with E-state index >= 15 is 0 Å². The number of carbonyl (C=O) groups excluding carboxylic acids is 1. The molecule has 0 aliphatic carbocycles. The summed E-state index contributed by atoms with van der Waals surface area (Å²) < 4.78 is 1.30. The first-order chi connectivity index (χ1) is 7.41. The zero-order valence-electron chi connectivity index (χ0n) is 7.53. The molecule has 0 aliphatic heterocycles. The molecule has 16 heavy (non-hydrogen) atoms. The lowest BCUT2D eigenvalue weighted by Gasteiger charge is -2.07. The molecule has 0 aromatic heterocycles. The highest BCUT2D eigenvalue weighted by atomic mass is 127. The van der Waals surface area contributed by atoms with Crippen LogP contribution in [-0.2, 0) is 4.79 Å². The van der Waals surface area contributed by atoms with Gasteiger partial charge in [0, 0.05) is 5.02 Å². The van der Waals surface area contributed by atoms with E-state index in [1.807, 2.05) is 45.2 Å². The van der Waals surface area contributed by atoms with E-state index in [4.69, 9.17) is 23.2 Å². The Hall–Kier alpha value is 0.950. The van der Waals surface area contributed by atoms with Crippen molar-refractivity contribution in [1.82, 2.24) is 0 Å². The average Bonchev–Trinajstić information content (AvgIpc) is 2.20. The number of halogens is 5. The summed E-state index contributed by atoms with van der Waals surface area (Å²) in [5.41, 5.74) is 0.537. The number of hydrogen-bond donors (Lipinski definition) is 1. The van der Waals surface area contributed by atoms with Crippen LogP contribution in [0.2, 0.25) is 10.0 Å². The maximum atomic E-state index is 11.7. The minimum absolute atomic E-state index is 0.217. The summed E-state index contributed by atoms with van der Waals surface area (Å²) in [7, 11) is 0. The first-order valence-electron chi connectivity index (χ1n) is 3.89. The second kappa shape index (κ2) is 6.77. The summed E-state index contributed by atoms with van der Waals surface area (Å²) in [4.78, 5) is 11.7. The van der Waals surface area contributed by atoms with Crippen LogP contribution in [-0.4, -0.2) is 5.91 Å². The highest BCUT2D eigenvalue weighted by Crippen LogP contribution is 2.29. The standard InChI is InChI=1S/C9H4BrCl2I2NO/c10-8(14)7(13)9(16)15-6-2-1-4(11)3-5(6)12/h1-3H,(H,15,16). The van der Waals surface area contributed by atoms with E-state index in [1.165, 1.54) is 0 Å². The number of hydrogen-bond acceptors (Lipinski definition) is 1. The molecule has 1 amide bonds. The molecular weight excluding hydrogens is 543 g/mol. The third-order valence-electron chi connectivity index (χ3n) is 1.54. The van der Waals surface area contributed by atoms with Gasteiger partial charge in [0.25, 0.3) is 5.91 Å². The second-order valence-electron chi connectivity index (χ2n) is 2.65. The fraction of sp³-hybridized carbons (Fsp3) is 0. The third kappa shape index (κ3) is 4.32. The van der Waals surface area contributed by atoms with Gasteiger partial charge in [0.05, 0.1) is 16.8 Å². The molecule has 0 saturated carbocycles. The van der Waals surface area contributed by atoms with E-state index in [2.05, 4.69) is 21.2 Å². The number of nitrogens with one attached hydrogen (secondary N) is 1. The maximum Gasteiger partial charge on any atom is 0.263 e. The quantitative estimate of drug-likeness (QED) is 0.393. The van der Waals surface area contributed by atoms with Crippen molar-refractivity contribution in [3.63, 3.8) is 0 Å². The molecule has 1 rings (SSSR count). The normalized spacial score (nSPS) is 12.1. The fourth-order valence-electron chi connectivity index (χ4n) is 0.854. The van der Waals surface area contributed by atoms with Crippen LogP contribution >= 0.6 is 84.3 Å². The molecule has 2 nitrogen and oxygen atoms in total. The highest BCUT2D eigenvalue weighted by Gasteiger charge is 2.11. The Morgan fingerprint density at radius 2 is 1.94 bits per heavy atom. The SMILES string of the molecule is O=C(Nc1ccc(Cl)cc1Cl)C(I)=C(Br)I. The first kappa shape index (κ1) is 15.0. The van der Waals surface area contributed by atoms with Crippen LogP contribution < -0.4 is 5.32 Å². The summed E-state index contributed by atoms with van der Waals surface area (Å²) in [5.74, 6) is -0.217. The Kier molecular flexibility index (Phi) is 6.35. The summed E-state index contributed by atoms with van der Waals surface area (Å²) in [6.07, 6.45) is 0. The van der Waals surface area contributed by atoms with Crippen LogP contribution in [0, 0.1) is 0 Å². The van der Waals surface area contributed by atoms with E-state index in [1.54, 1.807) is 18.2 Å². The molecule has 0 aliphatic rings. The predicted molar refractivity (Wildman–Crippen MR) is 89.1 cm³/mol. The molecule has 86 valence electrons. The van der Waals surface area contributed by atoms with Crippen molar-refractivity contribution in [2.45, 2.75) is 0 Å². The van der Waals surface area contributed by atoms with Crippen molar-refractivity contribution < 1.29 is 4.79 Å². The van der Waals surface area contributed by atoms with Gasteiger partial charge in [-0.15, -0.1) is 0 Å². The topological polar surface area (TPSA) is 29.1 Å². The van der Waals surface area contributed by atoms with E-state index in [-0.39, 0.29) is 5.91 Å². The zero-order chi connectivity index (χ0) is 12.3. The van der Waals surface area contributed by atoms with Crippen LogP contribution in [0.4, 0.5) is 5.69 Å². The lowest BCUT2D eigenvalue weighted by molar-refractivity contribution is -0.112. The highest BCUT2D eigenvalue weighted by molar-refractivity contribution is 14.1. The van der Waals surface area contributed by atoms with E-state index < -0.39 is 0 Å². The van der Waals surface area contributed by atoms with Gasteiger partial charge in [-0.25, -0.2) is 0 Å². The monoisotopic (exact) mass is 545 g/mol. The van der Waals surface area contributed by atoms with Crippen LogP contribution in [0.5, 0.6) is 0 Å². The van der Waals surface area contributed by atoms with Gasteiger partial charge < -0.3 is 5.32 Å². The number of benzene rings is 1. The molecule has 0 heterocycles. The molecule has 7 heteroatoms. The molecule has 0 unspecified atom stereocenters. The van der Waals surface area contributed by atoms with E-state index in [0.29, 0.717) is 19.3 Å². The lowest BCUT2D eigenvalue weighted by Crippen LogP contribution is -2.11. The van der Waals surface area contributed by atoms with Gasteiger partial charge in [-0.2, -0.15) is 0 Å². The molecule has 1 N–H and O–H groups in total.